The molecule has 0 spiro atoms. The third kappa shape index (κ3) is 2.22. The second kappa shape index (κ2) is 5.43. The van der Waals surface area contributed by atoms with Crippen LogP contribution in [0.1, 0.15) is 18.4 Å². The number of aromatic nitrogens is 1. The molecule has 1 aliphatic carbocycles. The number of fused-ring (bicyclic) bond motifs is 3. The van der Waals surface area contributed by atoms with Gasteiger partial charge < -0.3 is 9.72 Å². The first-order valence-electron chi connectivity index (χ1n) is 8.01. The Hall–Kier alpha value is -1.81. The van der Waals surface area contributed by atoms with E-state index in [2.05, 4.69) is 22.0 Å². The van der Waals surface area contributed by atoms with E-state index in [1.54, 1.807) is 6.07 Å². The quantitative estimate of drug-likeness (QED) is 0.875. The van der Waals surface area contributed by atoms with E-state index in [4.69, 9.17) is 4.74 Å². The summed E-state index contributed by atoms with van der Waals surface area (Å²) in [7, 11) is 1.51. The van der Waals surface area contributed by atoms with E-state index in [1.165, 1.54) is 20.0 Å². The maximum Gasteiger partial charge on any atom is 0.174 e. The SMILES string of the molecule is COc1ccc2[nH]cc(CCN3C[C@H]4C=C[C@@H]3CC4)c2c1F. The third-order valence-corrected chi connectivity index (χ3v) is 5.09. The molecule has 116 valence electrons. The van der Waals surface area contributed by atoms with E-state index in [-0.39, 0.29) is 5.82 Å². The second-order valence-corrected chi connectivity index (χ2v) is 6.35. The predicted molar refractivity (Wildman–Crippen MR) is 85.7 cm³/mol. The monoisotopic (exact) mass is 300 g/mol. The van der Waals surface area contributed by atoms with Crippen molar-refractivity contribution < 1.29 is 9.13 Å². The zero-order valence-electron chi connectivity index (χ0n) is 12.8. The molecule has 1 N–H and O–H groups in total. The van der Waals surface area contributed by atoms with Crippen molar-refractivity contribution in [1.29, 1.82) is 0 Å². The molecule has 0 saturated carbocycles. The normalized spacial score (nSPS) is 24.3. The van der Waals surface area contributed by atoms with Crippen LogP contribution in [0.25, 0.3) is 10.9 Å². The van der Waals surface area contributed by atoms with Gasteiger partial charge in [-0.3, -0.25) is 4.90 Å². The molecule has 1 fully saturated rings. The van der Waals surface area contributed by atoms with Crippen LogP contribution in [-0.2, 0) is 6.42 Å². The fourth-order valence-electron chi connectivity index (χ4n) is 3.86. The summed E-state index contributed by atoms with van der Waals surface area (Å²) >= 11 is 0. The van der Waals surface area contributed by atoms with E-state index in [1.807, 2.05) is 12.3 Å². The van der Waals surface area contributed by atoms with Gasteiger partial charge in [-0.2, -0.15) is 0 Å². The van der Waals surface area contributed by atoms with Gasteiger partial charge in [-0.1, -0.05) is 12.2 Å². The second-order valence-electron chi connectivity index (χ2n) is 6.35. The average molecular weight is 300 g/mol. The molecular weight excluding hydrogens is 279 g/mol. The van der Waals surface area contributed by atoms with Crippen LogP contribution >= 0.6 is 0 Å². The standard InChI is InChI=1S/C18H21FN2O/c1-22-16-7-6-15-17(18(16)19)13(10-20-15)8-9-21-11-12-2-4-14(21)5-3-12/h2,4,6-7,10,12,14,20H,3,5,8-9,11H2,1H3/t12-,14+/m0/s1. The highest BCUT2D eigenvalue weighted by Gasteiger charge is 2.29. The lowest BCUT2D eigenvalue weighted by molar-refractivity contribution is 0.139. The zero-order valence-corrected chi connectivity index (χ0v) is 12.8. The molecule has 1 aromatic heterocycles. The molecule has 0 radical (unpaired) electrons. The fourth-order valence-corrected chi connectivity index (χ4v) is 3.86. The van der Waals surface area contributed by atoms with Gasteiger partial charge in [0.15, 0.2) is 11.6 Å². The number of methoxy groups -OCH3 is 1. The van der Waals surface area contributed by atoms with Crippen LogP contribution in [0, 0.1) is 11.7 Å². The molecule has 0 unspecified atom stereocenters. The number of hydrogen-bond acceptors (Lipinski definition) is 2. The van der Waals surface area contributed by atoms with Gasteiger partial charge in [-0.15, -0.1) is 0 Å². The molecule has 3 nitrogen and oxygen atoms in total. The van der Waals surface area contributed by atoms with Crippen LogP contribution in [0.5, 0.6) is 5.75 Å². The van der Waals surface area contributed by atoms with Crippen molar-refractivity contribution in [2.24, 2.45) is 5.92 Å². The molecular formula is C18H21FN2O. The maximum atomic E-state index is 14.5. The molecule has 1 aromatic carbocycles. The van der Waals surface area contributed by atoms with E-state index >= 15 is 0 Å². The average Bonchev–Trinajstić information content (AvgIpc) is 2.98. The summed E-state index contributed by atoms with van der Waals surface area (Å²) in [6.07, 6.45) is 10.1. The molecule has 4 heteroatoms. The summed E-state index contributed by atoms with van der Waals surface area (Å²) < 4.78 is 19.6. The Bertz CT molecular complexity index is 721. The number of hydrogen-bond donors (Lipinski definition) is 1. The van der Waals surface area contributed by atoms with Gasteiger partial charge in [0, 0.05) is 36.2 Å². The Kier molecular flexibility index (Phi) is 3.41. The lowest BCUT2D eigenvalue weighted by Crippen LogP contribution is -2.45. The summed E-state index contributed by atoms with van der Waals surface area (Å²) in [5.41, 5.74) is 1.88. The van der Waals surface area contributed by atoms with E-state index in [0.29, 0.717) is 23.1 Å². The number of rotatable bonds is 4. The van der Waals surface area contributed by atoms with Crippen molar-refractivity contribution in [2.75, 3.05) is 20.2 Å². The van der Waals surface area contributed by atoms with Gasteiger partial charge in [-0.05, 0) is 42.9 Å². The van der Waals surface area contributed by atoms with E-state index < -0.39 is 0 Å². The van der Waals surface area contributed by atoms with Gasteiger partial charge in [0.25, 0.3) is 0 Å². The molecule has 2 aromatic rings. The summed E-state index contributed by atoms with van der Waals surface area (Å²) in [5.74, 6) is 0.773. The summed E-state index contributed by atoms with van der Waals surface area (Å²) in [6, 6.07) is 4.13. The molecule has 22 heavy (non-hydrogen) atoms. The van der Waals surface area contributed by atoms with Gasteiger partial charge in [0.1, 0.15) is 0 Å². The first-order chi connectivity index (χ1) is 10.8. The smallest absolute Gasteiger partial charge is 0.174 e. The fraction of sp³-hybridized carbons (Fsp3) is 0.444. The van der Waals surface area contributed by atoms with Gasteiger partial charge >= 0.3 is 0 Å². The van der Waals surface area contributed by atoms with E-state index in [9.17, 15) is 4.39 Å². The van der Waals surface area contributed by atoms with Crippen LogP contribution in [-0.4, -0.2) is 36.1 Å². The van der Waals surface area contributed by atoms with Crippen molar-refractivity contribution in [1.82, 2.24) is 9.88 Å². The summed E-state index contributed by atoms with van der Waals surface area (Å²) in [4.78, 5) is 5.71. The van der Waals surface area contributed by atoms with Crippen molar-refractivity contribution in [3.8, 4) is 5.75 Å². The number of nitrogens with zero attached hydrogens (tertiary/aromatic N) is 1. The number of nitrogens with one attached hydrogen (secondary N) is 1. The molecule has 3 aliphatic rings. The van der Waals surface area contributed by atoms with Crippen LogP contribution in [0.15, 0.2) is 30.5 Å². The van der Waals surface area contributed by atoms with E-state index in [0.717, 1.165) is 30.6 Å². The zero-order chi connectivity index (χ0) is 15.1. The van der Waals surface area contributed by atoms with Crippen LogP contribution in [0.3, 0.4) is 0 Å². The minimum atomic E-state index is -0.253. The lowest BCUT2D eigenvalue weighted by atomic mass is 9.86. The topological polar surface area (TPSA) is 28.3 Å². The number of halogens is 1. The minimum absolute atomic E-state index is 0.253. The number of piperidine rings is 1. The summed E-state index contributed by atoms with van der Waals surface area (Å²) in [6.45, 7) is 2.13. The maximum absolute atomic E-state index is 14.5. The Morgan fingerprint density at radius 1 is 1.32 bits per heavy atom. The number of H-pyrrole nitrogens is 1. The van der Waals surface area contributed by atoms with Crippen LogP contribution < -0.4 is 4.74 Å². The molecule has 2 aliphatic heterocycles. The molecule has 1 saturated heterocycles. The van der Waals surface area contributed by atoms with Gasteiger partial charge in [-0.25, -0.2) is 4.39 Å². The molecule has 5 rings (SSSR count). The highest BCUT2D eigenvalue weighted by Crippen LogP contribution is 2.31. The summed E-state index contributed by atoms with van der Waals surface area (Å²) in [5, 5.41) is 0.678. The van der Waals surface area contributed by atoms with Gasteiger partial charge in [0.2, 0.25) is 0 Å². The van der Waals surface area contributed by atoms with Crippen molar-refractivity contribution in [3.05, 3.63) is 41.9 Å². The number of benzene rings is 1. The molecule has 0 amide bonds. The Labute approximate surface area is 129 Å². The first-order valence-corrected chi connectivity index (χ1v) is 8.01. The van der Waals surface area contributed by atoms with Crippen molar-refractivity contribution in [2.45, 2.75) is 25.3 Å². The third-order valence-electron chi connectivity index (χ3n) is 5.09. The highest BCUT2D eigenvalue weighted by atomic mass is 19.1. The van der Waals surface area contributed by atoms with Crippen LogP contribution in [0.4, 0.5) is 4.39 Å². The largest absolute Gasteiger partial charge is 0.494 e. The van der Waals surface area contributed by atoms with Gasteiger partial charge in [0.05, 0.1) is 7.11 Å². The molecule has 2 atom stereocenters. The Morgan fingerprint density at radius 3 is 2.91 bits per heavy atom. The highest BCUT2D eigenvalue weighted by molar-refractivity contribution is 5.85. The lowest BCUT2D eigenvalue weighted by Gasteiger charge is -2.41. The minimum Gasteiger partial charge on any atom is -0.494 e. The Balaban J connectivity index is 1.56. The first kappa shape index (κ1) is 13.8. The Morgan fingerprint density at radius 2 is 2.23 bits per heavy atom. The van der Waals surface area contributed by atoms with Crippen molar-refractivity contribution >= 4 is 10.9 Å². The number of aromatic amines is 1. The molecule has 2 bridgehead atoms. The molecule has 3 heterocycles. The van der Waals surface area contributed by atoms with Crippen molar-refractivity contribution in [3.63, 3.8) is 0 Å². The van der Waals surface area contributed by atoms with Crippen LogP contribution in [0.2, 0.25) is 0 Å². The predicted octanol–water partition coefficient (Wildman–Crippen LogP) is 3.51. The number of ether oxygens (including phenoxy) is 1.